The first-order chi connectivity index (χ1) is 10.6. The van der Waals surface area contributed by atoms with Crippen molar-refractivity contribution < 1.29 is 13.6 Å². The van der Waals surface area contributed by atoms with E-state index < -0.39 is 17.5 Å². The van der Waals surface area contributed by atoms with Gasteiger partial charge in [-0.1, -0.05) is 24.3 Å². The Morgan fingerprint density at radius 2 is 1.91 bits per heavy atom. The first-order valence-corrected chi connectivity index (χ1v) is 7.05. The van der Waals surface area contributed by atoms with E-state index in [1.54, 1.807) is 0 Å². The third-order valence-electron chi connectivity index (χ3n) is 3.65. The van der Waals surface area contributed by atoms with Crippen molar-refractivity contribution in [2.24, 2.45) is 5.10 Å². The quantitative estimate of drug-likeness (QED) is 0.848. The highest BCUT2D eigenvalue weighted by Gasteiger charge is 2.16. The predicted molar refractivity (Wildman–Crippen MR) is 79.7 cm³/mol. The minimum absolute atomic E-state index is 0.353. The van der Waals surface area contributed by atoms with Crippen LogP contribution in [-0.4, -0.2) is 11.6 Å². The molecule has 0 aliphatic heterocycles. The summed E-state index contributed by atoms with van der Waals surface area (Å²) in [6, 6.07) is 10.6. The van der Waals surface area contributed by atoms with Gasteiger partial charge in [0.1, 0.15) is 11.6 Å². The minimum Gasteiger partial charge on any atom is -0.267 e. The second-order valence-corrected chi connectivity index (χ2v) is 5.13. The zero-order valence-electron chi connectivity index (χ0n) is 11.8. The molecular weight excluding hydrogens is 286 g/mol. The lowest BCUT2D eigenvalue weighted by Gasteiger charge is -2.17. The lowest BCUT2D eigenvalue weighted by atomic mass is 9.90. The average Bonchev–Trinajstić information content (AvgIpc) is 2.54. The highest BCUT2D eigenvalue weighted by molar-refractivity contribution is 6.04. The number of carbonyl (C=O) groups excluding carboxylic acids is 1. The fourth-order valence-corrected chi connectivity index (χ4v) is 2.57. The molecule has 1 N–H and O–H groups in total. The molecule has 1 aliphatic carbocycles. The van der Waals surface area contributed by atoms with Gasteiger partial charge in [-0.3, -0.25) is 4.79 Å². The van der Waals surface area contributed by atoms with E-state index in [2.05, 4.69) is 10.5 Å². The molecular formula is C17H14F2N2O. The number of benzene rings is 2. The number of hydrazone groups is 1. The van der Waals surface area contributed by atoms with Gasteiger partial charge in [0.25, 0.3) is 5.91 Å². The van der Waals surface area contributed by atoms with Gasteiger partial charge in [-0.15, -0.1) is 0 Å². The average molecular weight is 300 g/mol. The maximum atomic E-state index is 13.5. The van der Waals surface area contributed by atoms with Crippen LogP contribution in [0.5, 0.6) is 0 Å². The van der Waals surface area contributed by atoms with Crippen LogP contribution in [0.3, 0.4) is 0 Å². The fourth-order valence-electron chi connectivity index (χ4n) is 2.57. The van der Waals surface area contributed by atoms with Crippen LogP contribution >= 0.6 is 0 Å². The van der Waals surface area contributed by atoms with Crippen LogP contribution < -0.4 is 5.43 Å². The Hall–Kier alpha value is -2.56. The fraction of sp³-hybridized carbons (Fsp3) is 0.176. The molecule has 0 aromatic heterocycles. The number of nitrogens with zero attached hydrogens (tertiary/aromatic N) is 1. The maximum absolute atomic E-state index is 13.5. The molecule has 112 valence electrons. The highest BCUT2D eigenvalue weighted by atomic mass is 19.1. The molecule has 2 aromatic rings. The van der Waals surface area contributed by atoms with Gasteiger partial charge in [0, 0.05) is 5.56 Å². The zero-order valence-corrected chi connectivity index (χ0v) is 11.8. The largest absolute Gasteiger partial charge is 0.274 e. The van der Waals surface area contributed by atoms with Crippen LogP contribution in [-0.2, 0) is 6.42 Å². The summed E-state index contributed by atoms with van der Waals surface area (Å²) in [5.41, 5.74) is 4.90. The van der Waals surface area contributed by atoms with Crippen LogP contribution in [0.15, 0.2) is 47.6 Å². The Balaban J connectivity index is 1.83. The zero-order chi connectivity index (χ0) is 15.5. The van der Waals surface area contributed by atoms with E-state index in [4.69, 9.17) is 0 Å². The van der Waals surface area contributed by atoms with Gasteiger partial charge < -0.3 is 0 Å². The van der Waals surface area contributed by atoms with E-state index in [9.17, 15) is 13.6 Å². The van der Waals surface area contributed by atoms with Crippen molar-refractivity contribution in [3.63, 3.8) is 0 Å². The van der Waals surface area contributed by atoms with Crippen molar-refractivity contribution in [2.45, 2.75) is 19.3 Å². The van der Waals surface area contributed by atoms with Gasteiger partial charge in [0.2, 0.25) is 0 Å². The van der Waals surface area contributed by atoms with E-state index in [0.717, 1.165) is 48.7 Å². The van der Waals surface area contributed by atoms with Gasteiger partial charge in [-0.25, -0.2) is 14.2 Å². The first kappa shape index (κ1) is 14.4. The summed E-state index contributed by atoms with van der Waals surface area (Å²) >= 11 is 0. The summed E-state index contributed by atoms with van der Waals surface area (Å²) in [7, 11) is 0. The second kappa shape index (κ2) is 6.05. The van der Waals surface area contributed by atoms with Crippen LogP contribution in [0.2, 0.25) is 0 Å². The molecule has 3 rings (SSSR count). The molecule has 0 saturated carbocycles. The number of aryl methyl sites for hydroxylation is 1. The number of hydrogen-bond donors (Lipinski definition) is 1. The van der Waals surface area contributed by atoms with Crippen molar-refractivity contribution >= 4 is 11.6 Å². The van der Waals surface area contributed by atoms with E-state index in [-0.39, 0.29) is 5.56 Å². The predicted octanol–water partition coefficient (Wildman–Crippen LogP) is 3.44. The summed E-state index contributed by atoms with van der Waals surface area (Å²) in [4.78, 5) is 11.9. The summed E-state index contributed by atoms with van der Waals surface area (Å²) in [5, 5.41) is 4.10. The van der Waals surface area contributed by atoms with Crippen LogP contribution in [0.25, 0.3) is 0 Å². The first-order valence-electron chi connectivity index (χ1n) is 7.05. The Morgan fingerprint density at radius 1 is 1.09 bits per heavy atom. The molecule has 0 spiro atoms. The van der Waals surface area contributed by atoms with Crippen molar-refractivity contribution in [1.82, 2.24) is 5.43 Å². The molecule has 0 saturated heterocycles. The number of fused-ring (bicyclic) bond motifs is 1. The lowest BCUT2D eigenvalue weighted by molar-refractivity contribution is 0.0950. The molecule has 0 fully saturated rings. The van der Waals surface area contributed by atoms with Crippen molar-refractivity contribution in [3.05, 3.63) is 70.8 Å². The molecule has 0 bridgehead atoms. The summed E-state index contributed by atoms with van der Waals surface area (Å²) in [6.07, 6.45) is 2.66. The van der Waals surface area contributed by atoms with E-state index in [1.807, 2.05) is 24.3 Å². The van der Waals surface area contributed by atoms with Crippen LogP contribution in [0.1, 0.15) is 34.3 Å². The van der Waals surface area contributed by atoms with E-state index >= 15 is 0 Å². The SMILES string of the molecule is O=C(N/N=C1/CCCc2ccccc21)c1cc(F)ccc1F. The summed E-state index contributed by atoms with van der Waals surface area (Å²) in [5.74, 6) is -2.20. The third kappa shape index (κ3) is 2.88. The number of nitrogens with one attached hydrogen (secondary N) is 1. The van der Waals surface area contributed by atoms with E-state index in [1.165, 1.54) is 5.56 Å². The van der Waals surface area contributed by atoms with Crippen LogP contribution in [0, 0.1) is 11.6 Å². The molecule has 22 heavy (non-hydrogen) atoms. The second-order valence-electron chi connectivity index (χ2n) is 5.13. The molecule has 0 unspecified atom stereocenters. The Morgan fingerprint density at radius 3 is 2.77 bits per heavy atom. The van der Waals surface area contributed by atoms with Crippen molar-refractivity contribution in [1.29, 1.82) is 0 Å². The molecule has 1 amide bonds. The summed E-state index contributed by atoms with van der Waals surface area (Å²) in [6.45, 7) is 0. The minimum atomic E-state index is -0.775. The van der Waals surface area contributed by atoms with Crippen LogP contribution in [0.4, 0.5) is 8.78 Å². The molecule has 3 nitrogen and oxygen atoms in total. The van der Waals surface area contributed by atoms with Gasteiger partial charge in [0.15, 0.2) is 0 Å². The Kier molecular flexibility index (Phi) is 3.96. The molecule has 1 aliphatic rings. The summed E-state index contributed by atoms with van der Waals surface area (Å²) < 4.78 is 26.7. The Labute approximate surface area is 126 Å². The molecule has 5 heteroatoms. The standard InChI is InChI=1S/C17H14F2N2O/c18-12-8-9-15(19)14(10-12)17(22)21-20-16-7-3-5-11-4-1-2-6-13(11)16/h1-2,4,6,8-10H,3,5,7H2,(H,21,22)/b20-16-. The number of rotatable bonds is 2. The molecule has 0 radical (unpaired) electrons. The smallest absolute Gasteiger partial charge is 0.267 e. The number of amides is 1. The topological polar surface area (TPSA) is 41.5 Å². The van der Waals surface area contributed by atoms with Gasteiger partial charge in [-0.2, -0.15) is 5.10 Å². The number of halogens is 2. The van der Waals surface area contributed by atoms with Crippen molar-refractivity contribution in [2.75, 3.05) is 0 Å². The maximum Gasteiger partial charge on any atom is 0.274 e. The molecule has 2 aromatic carbocycles. The monoisotopic (exact) mass is 300 g/mol. The Bertz CT molecular complexity index is 756. The highest BCUT2D eigenvalue weighted by Crippen LogP contribution is 2.21. The number of carbonyl (C=O) groups is 1. The molecule has 0 atom stereocenters. The normalized spacial score (nSPS) is 15.5. The third-order valence-corrected chi connectivity index (χ3v) is 3.65. The lowest BCUT2D eigenvalue weighted by Crippen LogP contribution is -2.23. The molecule has 0 heterocycles. The number of hydrogen-bond acceptors (Lipinski definition) is 2. The van der Waals surface area contributed by atoms with E-state index in [0.29, 0.717) is 0 Å². The van der Waals surface area contributed by atoms with Gasteiger partial charge in [-0.05, 0) is 43.0 Å². The van der Waals surface area contributed by atoms with Crippen molar-refractivity contribution in [3.8, 4) is 0 Å². The van der Waals surface area contributed by atoms with Gasteiger partial charge in [0.05, 0.1) is 11.3 Å². The van der Waals surface area contributed by atoms with Gasteiger partial charge >= 0.3 is 0 Å².